The van der Waals surface area contributed by atoms with Gasteiger partial charge >= 0.3 is 5.97 Å². The van der Waals surface area contributed by atoms with E-state index in [4.69, 9.17) is 5.26 Å². The van der Waals surface area contributed by atoms with Crippen LogP contribution in [0.1, 0.15) is 12.8 Å². The first-order valence-corrected chi connectivity index (χ1v) is 5.17. The molecular formula is C12H13FN2O2. The zero-order valence-electron chi connectivity index (χ0n) is 9.52. The Morgan fingerprint density at radius 2 is 2.12 bits per heavy atom. The lowest BCUT2D eigenvalue weighted by molar-refractivity contribution is -0.140. The van der Waals surface area contributed by atoms with Crippen LogP contribution in [-0.4, -0.2) is 19.6 Å². The Morgan fingerprint density at radius 3 is 2.65 bits per heavy atom. The van der Waals surface area contributed by atoms with Gasteiger partial charge in [-0.05, 0) is 30.7 Å². The van der Waals surface area contributed by atoms with E-state index in [1.54, 1.807) is 0 Å². The largest absolute Gasteiger partial charge is 0.469 e. The molecular weight excluding hydrogens is 223 g/mol. The molecule has 0 atom stereocenters. The Morgan fingerprint density at radius 1 is 1.47 bits per heavy atom. The van der Waals surface area contributed by atoms with Crippen molar-refractivity contribution in [2.45, 2.75) is 12.8 Å². The number of hydrogen-bond acceptors (Lipinski definition) is 4. The van der Waals surface area contributed by atoms with Gasteiger partial charge in [-0.3, -0.25) is 9.69 Å². The van der Waals surface area contributed by atoms with Crippen molar-refractivity contribution in [2.24, 2.45) is 0 Å². The molecule has 0 bridgehead atoms. The third-order valence-electron chi connectivity index (χ3n) is 2.25. The summed E-state index contributed by atoms with van der Waals surface area (Å²) in [7, 11) is 1.32. The number of esters is 1. The van der Waals surface area contributed by atoms with Crippen molar-refractivity contribution in [3.63, 3.8) is 0 Å². The topological polar surface area (TPSA) is 53.3 Å². The number of methoxy groups -OCH3 is 1. The van der Waals surface area contributed by atoms with Crippen LogP contribution < -0.4 is 4.90 Å². The lowest BCUT2D eigenvalue weighted by Crippen LogP contribution is -2.18. The number of anilines is 1. The third-order valence-corrected chi connectivity index (χ3v) is 2.25. The number of ether oxygens (including phenoxy) is 1. The summed E-state index contributed by atoms with van der Waals surface area (Å²) in [6, 6.07) is 5.63. The van der Waals surface area contributed by atoms with Crippen LogP contribution in [-0.2, 0) is 9.53 Å². The zero-order valence-corrected chi connectivity index (χ0v) is 9.52. The van der Waals surface area contributed by atoms with E-state index in [1.165, 1.54) is 36.3 Å². The molecule has 0 radical (unpaired) electrons. The molecule has 0 heterocycles. The summed E-state index contributed by atoms with van der Waals surface area (Å²) in [4.78, 5) is 12.3. The number of nitriles is 1. The highest BCUT2D eigenvalue weighted by Gasteiger charge is 2.07. The standard InChI is InChI=1S/C12H13FN2O2/c1-17-12(16)3-2-8-15(9-14)11-6-4-10(13)5-7-11/h4-7H,2-3,8H2,1H3. The maximum Gasteiger partial charge on any atom is 0.305 e. The smallest absolute Gasteiger partial charge is 0.305 e. The minimum absolute atomic E-state index is 0.260. The molecule has 0 aliphatic heterocycles. The molecule has 90 valence electrons. The predicted octanol–water partition coefficient (Wildman–Crippen LogP) is 2.07. The van der Waals surface area contributed by atoms with Crippen LogP contribution in [0, 0.1) is 17.3 Å². The molecule has 0 spiro atoms. The fourth-order valence-electron chi connectivity index (χ4n) is 1.34. The first-order chi connectivity index (χ1) is 8.17. The van der Waals surface area contributed by atoms with Gasteiger partial charge in [-0.2, -0.15) is 5.26 Å². The fraction of sp³-hybridized carbons (Fsp3) is 0.333. The minimum atomic E-state index is -0.346. The molecule has 0 unspecified atom stereocenters. The Bertz CT molecular complexity index is 412. The highest BCUT2D eigenvalue weighted by Crippen LogP contribution is 2.14. The Balaban J connectivity index is 2.52. The highest BCUT2D eigenvalue weighted by molar-refractivity contribution is 5.69. The van der Waals surface area contributed by atoms with Crippen LogP contribution in [0.25, 0.3) is 0 Å². The van der Waals surface area contributed by atoms with Crippen LogP contribution >= 0.6 is 0 Å². The van der Waals surface area contributed by atoms with Gasteiger partial charge < -0.3 is 4.74 Å². The van der Waals surface area contributed by atoms with Gasteiger partial charge in [0.25, 0.3) is 0 Å². The molecule has 0 aliphatic carbocycles. The Hall–Kier alpha value is -2.09. The summed E-state index contributed by atoms with van der Waals surface area (Å²) in [6.07, 6.45) is 2.76. The summed E-state index contributed by atoms with van der Waals surface area (Å²) in [5, 5.41) is 8.94. The van der Waals surface area contributed by atoms with E-state index in [9.17, 15) is 9.18 Å². The summed E-state index contributed by atoms with van der Waals surface area (Å²) in [5.74, 6) is -0.650. The quantitative estimate of drug-likeness (QED) is 0.446. The lowest BCUT2D eigenvalue weighted by atomic mass is 10.2. The van der Waals surface area contributed by atoms with Crippen molar-refractivity contribution in [3.05, 3.63) is 30.1 Å². The van der Waals surface area contributed by atoms with E-state index in [1.807, 2.05) is 6.19 Å². The van der Waals surface area contributed by atoms with Crippen molar-refractivity contribution < 1.29 is 13.9 Å². The van der Waals surface area contributed by atoms with Gasteiger partial charge in [0.1, 0.15) is 5.82 Å². The summed E-state index contributed by atoms with van der Waals surface area (Å²) >= 11 is 0. The van der Waals surface area contributed by atoms with Crippen molar-refractivity contribution in [2.75, 3.05) is 18.6 Å². The molecule has 0 saturated carbocycles. The van der Waals surface area contributed by atoms with Gasteiger partial charge in [0.05, 0.1) is 12.8 Å². The molecule has 1 rings (SSSR count). The van der Waals surface area contributed by atoms with Gasteiger partial charge in [0, 0.05) is 13.0 Å². The Kier molecular flexibility index (Phi) is 4.95. The fourth-order valence-corrected chi connectivity index (χ4v) is 1.34. The van der Waals surface area contributed by atoms with Crippen molar-refractivity contribution in [1.29, 1.82) is 5.26 Å². The molecule has 1 aromatic carbocycles. The van der Waals surface area contributed by atoms with Crippen molar-refractivity contribution >= 4 is 11.7 Å². The molecule has 0 aliphatic rings. The average molecular weight is 236 g/mol. The summed E-state index contributed by atoms with van der Waals surface area (Å²) in [5.41, 5.74) is 0.610. The minimum Gasteiger partial charge on any atom is -0.469 e. The molecule has 0 N–H and O–H groups in total. The van der Waals surface area contributed by atoms with Crippen LogP contribution in [0.4, 0.5) is 10.1 Å². The van der Waals surface area contributed by atoms with Gasteiger partial charge in [0.2, 0.25) is 0 Å². The van der Waals surface area contributed by atoms with E-state index >= 15 is 0 Å². The van der Waals surface area contributed by atoms with Crippen LogP contribution in [0.5, 0.6) is 0 Å². The molecule has 0 fully saturated rings. The first-order valence-electron chi connectivity index (χ1n) is 5.17. The summed E-state index contributed by atoms with van der Waals surface area (Å²) in [6.45, 7) is 0.400. The second-order valence-electron chi connectivity index (χ2n) is 3.41. The van der Waals surface area contributed by atoms with E-state index < -0.39 is 0 Å². The number of halogens is 1. The number of rotatable bonds is 5. The molecule has 1 aromatic rings. The maximum absolute atomic E-state index is 12.7. The van der Waals surface area contributed by atoms with Crippen LogP contribution in [0.3, 0.4) is 0 Å². The predicted molar refractivity (Wildman–Crippen MR) is 60.6 cm³/mol. The Labute approximate surface area is 99.2 Å². The molecule has 0 saturated heterocycles. The van der Waals surface area contributed by atoms with E-state index in [0.29, 0.717) is 18.7 Å². The first kappa shape index (κ1) is 13.0. The van der Waals surface area contributed by atoms with Crippen molar-refractivity contribution in [1.82, 2.24) is 0 Å². The average Bonchev–Trinajstić information content (AvgIpc) is 2.35. The number of nitrogens with zero attached hydrogens (tertiary/aromatic N) is 2. The highest BCUT2D eigenvalue weighted by atomic mass is 19.1. The molecule has 0 aromatic heterocycles. The SMILES string of the molecule is COC(=O)CCCN(C#N)c1ccc(F)cc1. The van der Waals surface area contributed by atoms with Gasteiger partial charge in [0.15, 0.2) is 6.19 Å². The number of carbonyl (C=O) groups excluding carboxylic acids is 1. The molecule has 0 amide bonds. The summed E-state index contributed by atoms with van der Waals surface area (Å²) < 4.78 is 17.2. The van der Waals surface area contributed by atoms with E-state index in [-0.39, 0.29) is 18.2 Å². The number of hydrogen-bond donors (Lipinski definition) is 0. The molecule has 17 heavy (non-hydrogen) atoms. The van der Waals surface area contributed by atoms with E-state index in [0.717, 1.165) is 0 Å². The second-order valence-corrected chi connectivity index (χ2v) is 3.41. The van der Waals surface area contributed by atoms with Crippen LogP contribution in [0.2, 0.25) is 0 Å². The number of benzene rings is 1. The number of carbonyl (C=O) groups is 1. The maximum atomic E-state index is 12.7. The van der Waals surface area contributed by atoms with Crippen LogP contribution in [0.15, 0.2) is 24.3 Å². The second kappa shape index (κ2) is 6.48. The molecule has 4 nitrogen and oxygen atoms in total. The monoisotopic (exact) mass is 236 g/mol. The third kappa shape index (κ3) is 4.11. The van der Waals surface area contributed by atoms with Crippen molar-refractivity contribution in [3.8, 4) is 6.19 Å². The van der Waals surface area contributed by atoms with Gasteiger partial charge in [-0.25, -0.2) is 4.39 Å². The van der Waals surface area contributed by atoms with E-state index in [2.05, 4.69) is 4.74 Å². The van der Waals surface area contributed by atoms with Gasteiger partial charge in [-0.1, -0.05) is 0 Å². The normalized spacial score (nSPS) is 9.47. The lowest BCUT2D eigenvalue weighted by Gasteiger charge is -2.14. The molecule has 5 heteroatoms. The van der Waals surface area contributed by atoms with Gasteiger partial charge in [-0.15, -0.1) is 0 Å². The zero-order chi connectivity index (χ0) is 12.7.